The number of fused-ring (bicyclic) bond motifs is 1. The Balaban J connectivity index is 1.32. The molecule has 1 fully saturated rings. The van der Waals surface area contributed by atoms with Gasteiger partial charge in [0.1, 0.15) is 5.58 Å². The molecule has 4 aromatic rings. The van der Waals surface area contributed by atoms with Crippen LogP contribution in [0.1, 0.15) is 27.4 Å². The second kappa shape index (κ2) is 7.98. The number of amides is 1. The van der Waals surface area contributed by atoms with Gasteiger partial charge in [-0.25, -0.2) is 0 Å². The molecule has 5 rings (SSSR count). The van der Waals surface area contributed by atoms with Gasteiger partial charge in [0.2, 0.25) is 0 Å². The van der Waals surface area contributed by atoms with E-state index in [9.17, 15) is 4.79 Å². The fourth-order valence-electron chi connectivity index (χ4n) is 4.15. The molecular formula is C24H23ClN4O3. The molecule has 1 saturated heterocycles. The predicted molar refractivity (Wildman–Crippen MR) is 123 cm³/mol. The normalized spacial score (nSPS) is 14.4. The van der Waals surface area contributed by atoms with Crippen LogP contribution in [0.25, 0.3) is 22.6 Å². The summed E-state index contributed by atoms with van der Waals surface area (Å²) in [4.78, 5) is 16.9. The largest absolute Gasteiger partial charge is 0.451 e. The topological polar surface area (TPSA) is 75.6 Å². The Hall–Kier alpha value is -3.32. The van der Waals surface area contributed by atoms with Gasteiger partial charge in [0, 0.05) is 47.8 Å². The van der Waals surface area contributed by atoms with Gasteiger partial charge in [0.15, 0.2) is 5.76 Å². The highest BCUT2D eigenvalue weighted by atomic mass is 35.5. The van der Waals surface area contributed by atoms with Crippen molar-refractivity contribution in [3.63, 3.8) is 0 Å². The number of nitrogens with zero attached hydrogens (tertiary/aromatic N) is 4. The smallest absolute Gasteiger partial charge is 0.311 e. The number of furan rings is 1. The second-order valence-electron chi connectivity index (χ2n) is 8.18. The molecule has 0 aliphatic carbocycles. The van der Waals surface area contributed by atoms with Gasteiger partial charge in [-0.1, -0.05) is 29.3 Å². The standard InChI is InChI=1S/C24H23ClN4O3/c1-14-4-7-20-18(12-14)16(3)21(31-20)22-26-27-23(32-22)24(30)29-10-8-28(9-11-29)19-13-17(25)6-5-15(19)2/h4-7,12-13H,8-11H2,1-3H3. The number of halogens is 1. The highest BCUT2D eigenvalue weighted by molar-refractivity contribution is 6.30. The van der Waals surface area contributed by atoms with Crippen LogP contribution >= 0.6 is 11.6 Å². The Morgan fingerprint density at radius 2 is 1.75 bits per heavy atom. The van der Waals surface area contributed by atoms with Crippen molar-refractivity contribution in [1.29, 1.82) is 0 Å². The molecule has 0 unspecified atom stereocenters. The molecule has 0 bridgehead atoms. The van der Waals surface area contributed by atoms with E-state index in [2.05, 4.69) is 28.1 Å². The molecule has 0 N–H and O–H groups in total. The number of rotatable bonds is 3. The zero-order valence-electron chi connectivity index (χ0n) is 18.2. The van der Waals surface area contributed by atoms with Crippen molar-refractivity contribution in [2.75, 3.05) is 31.1 Å². The first-order chi connectivity index (χ1) is 15.4. The maximum atomic E-state index is 13.0. The number of anilines is 1. The van der Waals surface area contributed by atoms with Crippen molar-refractivity contribution in [2.45, 2.75) is 20.8 Å². The van der Waals surface area contributed by atoms with Gasteiger partial charge in [-0.05, 0) is 50.6 Å². The summed E-state index contributed by atoms with van der Waals surface area (Å²) in [5.41, 5.74) is 5.06. The van der Waals surface area contributed by atoms with Crippen LogP contribution in [0.2, 0.25) is 5.02 Å². The Labute approximate surface area is 190 Å². The van der Waals surface area contributed by atoms with Crippen molar-refractivity contribution in [1.82, 2.24) is 15.1 Å². The van der Waals surface area contributed by atoms with E-state index in [0.717, 1.165) is 33.3 Å². The number of carbonyl (C=O) groups excluding carboxylic acids is 1. The van der Waals surface area contributed by atoms with Gasteiger partial charge >= 0.3 is 11.8 Å². The molecule has 2 aromatic carbocycles. The van der Waals surface area contributed by atoms with E-state index in [-0.39, 0.29) is 17.7 Å². The van der Waals surface area contributed by atoms with E-state index < -0.39 is 0 Å². The van der Waals surface area contributed by atoms with E-state index in [0.29, 0.717) is 37.0 Å². The summed E-state index contributed by atoms with van der Waals surface area (Å²) in [6.45, 7) is 8.57. The molecule has 3 heterocycles. The highest BCUT2D eigenvalue weighted by Gasteiger charge is 2.28. The molecule has 0 radical (unpaired) electrons. The van der Waals surface area contributed by atoms with Crippen molar-refractivity contribution in [3.05, 3.63) is 64.0 Å². The van der Waals surface area contributed by atoms with Crippen LogP contribution in [-0.4, -0.2) is 47.2 Å². The Kier molecular flexibility index (Phi) is 5.13. The van der Waals surface area contributed by atoms with E-state index >= 15 is 0 Å². The second-order valence-corrected chi connectivity index (χ2v) is 8.61. The lowest BCUT2D eigenvalue weighted by atomic mass is 10.1. The molecule has 7 nitrogen and oxygen atoms in total. The Morgan fingerprint density at radius 3 is 2.53 bits per heavy atom. The maximum absolute atomic E-state index is 13.0. The summed E-state index contributed by atoms with van der Waals surface area (Å²) in [6, 6.07) is 11.8. The number of hydrogen-bond acceptors (Lipinski definition) is 6. The number of carbonyl (C=O) groups is 1. The fourth-order valence-corrected chi connectivity index (χ4v) is 4.32. The van der Waals surface area contributed by atoms with E-state index in [1.165, 1.54) is 0 Å². The van der Waals surface area contributed by atoms with Gasteiger partial charge in [0.25, 0.3) is 5.89 Å². The summed E-state index contributed by atoms with van der Waals surface area (Å²) in [7, 11) is 0. The minimum atomic E-state index is -0.268. The van der Waals surface area contributed by atoms with E-state index in [1.54, 1.807) is 4.90 Å². The molecule has 1 aliphatic heterocycles. The molecule has 32 heavy (non-hydrogen) atoms. The maximum Gasteiger partial charge on any atom is 0.311 e. The summed E-state index contributed by atoms with van der Waals surface area (Å²) < 4.78 is 11.7. The van der Waals surface area contributed by atoms with Crippen molar-refractivity contribution < 1.29 is 13.6 Å². The fraction of sp³-hybridized carbons (Fsp3) is 0.292. The highest BCUT2D eigenvalue weighted by Crippen LogP contribution is 2.33. The number of aromatic nitrogens is 2. The lowest BCUT2D eigenvalue weighted by molar-refractivity contribution is 0.0707. The van der Waals surface area contributed by atoms with Crippen LogP contribution in [0, 0.1) is 20.8 Å². The molecule has 1 amide bonds. The van der Waals surface area contributed by atoms with Crippen molar-refractivity contribution in [3.8, 4) is 11.7 Å². The zero-order chi connectivity index (χ0) is 22.4. The molecule has 1 aliphatic rings. The Morgan fingerprint density at radius 1 is 0.969 bits per heavy atom. The van der Waals surface area contributed by atoms with Crippen LogP contribution in [-0.2, 0) is 0 Å². The molecular weight excluding hydrogens is 428 g/mol. The van der Waals surface area contributed by atoms with Crippen LogP contribution < -0.4 is 4.90 Å². The van der Waals surface area contributed by atoms with Crippen molar-refractivity contribution in [2.24, 2.45) is 0 Å². The summed E-state index contributed by atoms with van der Waals surface area (Å²) >= 11 is 6.17. The average molecular weight is 451 g/mol. The quantitative estimate of drug-likeness (QED) is 0.436. The SMILES string of the molecule is Cc1ccc2oc(-c3nnc(C(=O)N4CCN(c5cc(Cl)ccc5C)CC4)o3)c(C)c2c1. The van der Waals surface area contributed by atoms with Crippen molar-refractivity contribution >= 4 is 34.2 Å². The first kappa shape index (κ1) is 20.6. The third-order valence-corrected chi connectivity index (χ3v) is 6.21. The molecule has 2 aromatic heterocycles. The predicted octanol–water partition coefficient (Wildman–Crippen LogP) is 5.02. The molecule has 8 heteroatoms. The monoisotopic (exact) mass is 450 g/mol. The zero-order valence-corrected chi connectivity index (χ0v) is 18.9. The summed E-state index contributed by atoms with van der Waals surface area (Å²) in [5, 5.41) is 9.79. The van der Waals surface area contributed by atoms with Crippen LogP contribution in [0.15, 0.2) is 45.2 Å². The average Bonchev–Trinajstić information content (AvgIpc) is 3.40. The Bertz CT molecular complexity index is 1320. The minimum absolute atomic E-state index is 0.0246. The van der Waals surface area contributed by atoms with E-state index in [4.69, 9.17) is 20.4 Å². The van der Waals surface area contributed by atoms with Gasteiger partial charge in [-0.2, -0.15) is 0 Å². The first-order valence-corrected chi connectivity index (χ1v) is 10.9. The number of hydrogen-bond donors (Lipinski definition) is 0. The summed E-state index contributed by atoms with van der Waals surface area (Å²) in [5.74, 6) is 0.422. The molecule has 0 spiro atoms. The van der Waals surface area contributed by atoms with Crippen LogP contribution in [0.3, 0.4) is 0 Å². The molecule has 164 valence electrons. The third-order valence-electron chi connectivity index (χ3n) is 5.97. The third kappa shape index (κ3) is 3.62. The van der Waals surface area contributed by atoms with Gasteiger partial charge in [-0.15, -0.1) is 10.2 Å². The molecule has 0 saturated carbocycles. The number of benzene rings is 2. The number of aryl methyl sites for hydroxylation is 3. The van der Waals surface area contributed by atoms with Gasteiger partial charge in [-0.3, -0.25) is 4.79 Å². The van der Waals surface area contributed by atoms with Gasteiger partial charge < -0.3 is 18.6 Å². The number of piperazine rings is 1. The van der Waals surface area contributed by atoms with Crippen LogP contribution in [0.5, 0.6) is 0 Å². The lowest BCUT2D eigenvalue weighted by Gasteiger charge is -2.36. The van der Waals surface area contributed by atoms with Crippen LogP contribution in [0.4, 0.5) is 5.69 Å². The molecule has 0 atom stereocenters. The first-order valence-electron chi connectivity index (χ1n) is 10.5. The summed E-state index contributed by atoms with van der Waals surface area (Å²) in [6.07, 6.45) is 0. The van der Waals surface area contributed by atoms with Gasteiger partial charge in [0.05, 0.1) is 0 Å². The minimum Gasteiger partial charge on any atom is -0.451 e. The van der Waals surface area contributed by atoms with E-state index in [1.807, 2.05) is 44.2 Å². The lowest BCUT2D eigenvalue weighted by Crippen LogP contribution is -2.49.